The molecule has 0 saturated carbocycles. The van der Waals surface area contributed by atoms with E-state index < -0.39 is 10.1 Å². The number of hydrogen-bond donors (Lipinski definition) is 0. The van der Waals surface area contributed by atoms with Gasteiger partial charge in [0.1, 0.15) is 16.7 Å². The lowest BCUT2D eigenvalue weighted by Gasteiger charge is -2.30. The van der Waals surface area contributed by atoms with Crippen LogP contribution in [0.15, 0.2) is 29.2 Å². The van der Waals surface area contributed by atoms with Gasteiger partial charge in [0, 0.05) is 35.4 Å². The maximum atomic E-state index is 12.1. The van der Waals surface area contributed by atoms with Crippen LogP contribution < -0.4 is 0 Å². The molecule has 36 heavy (non-hydrogen) atoms. The monoisotopic (exact) mass is 633 g/mol. The third-order valence-corrected chi connectivity index (χ3v) is 7.76. The van der Waals surface area contributed by atoms with Gasteiger partial charge in [0.05, 0.1) is 24.6 Å². The van der Waals surface area contributed by atoms with Crippen molar-refractivity contribution in [2.45, 2.75) is 95.8 Å². The van der Waals surface area contributed by atoms with Gasteiger partial charge >= 0.3 is 5.97 Å². The molecule has 1 aliphatic rings. The van der Waals surface area contributed by atoms with Gasteiger partial charge < -0.3 is 13.8 Å². The molecule has 1 fully saturated rings. The van der Waals surface area contributed by atoms with Crippen LogP contribution in [0.1, 0.15) is 89.5 Å². The number of esters is 1. The van der Waals surface area contributed by atoms with Gasteiger partial charge in [0.2, 0.25) is 0 Å². The van der Waals surface area contributed by atoms with E-state index >= 15 is 0 Å². The lowest BCUT2D eigenvalue weighted by atomic mass is 10.1. The first kappa shape index (κ1) is 32.9. The van der Waals surface area contributed by atoms with Gasteiger partial charge in [-0.25, -0.2) is 13.2 Å². The molecular formula is C28H44INO5S. The Labute approximate surface area is 233 Å². The van der Waals surface area contributed by atoms with Gasteiger partial charge in [0.15, 0.2) is 6.54 Å². The van der Waals surface area contributed by atoms with E-state index in [1.165, 1.54) is 82.8 Å². The third kappa shape index (κ3) is 15.2. The summed E-state index contributed by atoms with van der Waals surface area (Å²) >= 11 is 2.08. The molecule has 0 amide bonds. The molecule has 0 unspecified atom stereocenters. The van der Waals surface area contributed by atoms with Crippen LogP contribution in [0.25, 0.3) is 0 Å². The predicted octanol–water partition coefficient (Wildman–Crippen LogP) is 6.36. The van der Waals surface area contributed by atoms with Crippen molar-refractivity contribution in [3.63, 3.8) is 0 Å². The molecule has 8 heteroatoms. The number of benzene rings is 1. The van der Waals surface area contributed by atoms with Crippen LogP contribution in [0, 0.1) is 16.8 Å². The fraction of sp³-hybridized carbons (Fsp3) is 0.679. The first-order chi connectivity index (χ1) is 17.2. The zero-order chi connectivity index (χ0) is 26.7. The summed E-state index contributed by atoms with van der Waals surface area (Å²) in [6.07, 6.45) is 15.5. The average Bonchev–Trinajstić information content (AvgIpc) is 3.29. The molecule has 0 N–H and O–H groups in total. The molecule has 1 aromatic rings. The largest absolute Gasteiger partial charge is 0.744 e. The highest BCUT2D eigenvalue weighted by molar-refractivity contribution is 14.1. The molecule has 0 aromatic heterocycles. The Kier molecular flexibility index (Phi) is 17.4. The van der Waals surface area contributed by atoms with E-state index in [4.69, 9.17) is 4.74 Å². The van der Waals surface area contributed by atoms with E-state index in [1.807, 2.05) is 6.92 Å². The Morgan fingerprint density at radius 3 is 2.00 bits per heavy atom. The van der Waals surface area contributed by atoms with E-state index in [0.29, 0.717) is 13.2 Å². The van der Waals surface area contributed by atoms with Crippen molar-refractivity contribution >= 4 is 38.7 Å². The van der Waals surface area contributed by atoms with Crippen molar-refractivity contribution in [2.24, 2.45) is 0 Å². The van der Waals surface area contributed by atoms with Crippen molar-refractivity contribution in [1.82, 2.24) is 0 Å². The Hall–Kier alpha value is -1.15. The molecule has 0 radical (unpaired) electrons. The van der Waals surface area contributed by atoms with Crippen LogP contribution in [0.5, 0.6) is 0 Å². The summed E-state index contributed by atoms with van der Waals surface area (Å²) in [5.41, 5.74) is 0.928. The second-order valence-electron chi connectivity index (χ2n) is 9.75. The summed E-state index contributed by atoms with van der Waals surface area (Å²) in [6.45, 7) is 8.10. The Morgan fingerprint density at radius 1 is 0.972 bits per heavy atom. The van der Waals surface area contributed by atoms with Gasteiger partial charge in [-0.15, -0.1) is 0 Å². The summed E-state index contributed by atoms with van der Waals surface area (Å²) < 4.78 is 40.4. The molecule has 6 nitrogen and oxygen atoms in total. The van der Waals surface area contributed by atoms with Crippen LogP contribution in [-0.4, -0.2) is 56.2 Å². The van der Waals surface area contributed by atoms with Crippen molar-refractivity contribution in [3.8, 4) is 9.85 Å². The number of rotatable bonds is 15. The fourth-order valence-corrected chi connectivity index (χ4v) is 5.02. The number of nitrogens with zero attached hydrogens (tertiary/aromatic N) is 1. The number of carbonyl (C=O) groups is 1. The SMILES string of the molecule is CCCCCCCCCCCCOC(=O)C[N+]1(CC#CI)CCCC1.Cc1ccc(S(=O)(=O)[O-])cc1. The highest BCUT2D eigenvalue weighted by Gasteiger charge is 2.34. The Morgan fingerprint density at radius 2 is 1.50 bits per heavy atom. The third-order valence-electron chi connectivity index (χ3n) is 6.53. The van der Waals surface area contributed by atoms with Crippen LogP contribution in [0.4, 0.5) is 0 Å². The van der Waals surface area contributed by atoms with Gasteiger partial charge in [-0.3, -0.25) is 0 Å². The van der Waals surface area contributed by atoms with E-state index in [-0.39, 0.29) is 10.9 Å². The molecule has 204 valence electrons. The maximum Gasteiger partial charge on any atom is 0.361 e. The lowest BCUT2D eigenvalue weighted by molar-refractivity contribution is -0.902. The molecule has 0 bridgehead atoms. The number of hydrogen-bond acceptors (Lipinski definition) is 5. The molecule has 1 heterocycles. The topological polar surface area (TPSA) is 83.5 Å². The second kappa shape index (κ2) is 19.0. The molecular weight excluding hydrogens is 589 g/mol. The maximum absolute atomic E-state index is 12.1. The average molecular weight is 634 g/mol. The van der Waals surface area contributed by atoms with Crippen LogP contribution in [-0.2, 0) is 19.6 Å². The van der Waals surface area contributed by atoms with E-state index in [0.717, 1.165) is 36.1 Å². The van der Waals surface area contributed by atoms with E-state index in [1.54, 1.807) is 12.1 Å². The quantitative estimate of drug-likeness (QED) is 0.0561. The number of ether oxygens (including phenoxy) is 1. The molecule has 2 rings (SSSR count). The van der Waals surface area contributed by atoms with Crippen molar-refractivity contribution in [2.75, 3.05) is 32.8 Å². The number of unbranched alkanes of at least 4 members (excludes halogenated alkanes) is 9. The Bertz CT molecular complexity index is 900. The summed E-state index contributed by atoms with van der Waals surface area (Å²) in [6, 6.07) is 5.78. The van der Waals surface area contributed by atoms with Crippen molar-refractivity contribution in [3.05, 3.63) is 29.8 Å². The molecule has 0 spiro atoms. The molecule has 1 aliphatic heterocycles. The smallest absolute Gasteiger partial charge is 0.361 e. The summed E-state index contributed by atoms with van der Waals surface area (Å²) in [7, 11) is -4.27. The lowest BCUT2D eigenvalue weighted by Crippen LogP contribution is -2.49. The number of likely N-dealkylation sites (tertiary alicyclic amines) is 1. The van der Waals surface area contributed by atoms with E-state index in [2.05, 4.69) is 39.4 Å². The molecule has 0 atom stereocenters. The molecule has 1 saturated heterocycles. The number of quaternary nitrogens is 1. The summed E-state index contributed by atoms with van der Waals surface area (Å²) in [5.74, 6) is 3.12. The van der Waals surface area contributed by atoms with E-state index in [9.17, 15) is 17.8 Å². The van der Waals surface area contributed by atoms with Crippen LogP contribution in [0.3, 0.4) is 0 Å². The zero-order valence-electron chi connectivity index (χ0n) is 22.1. The molecule has 0 aliphatic carbocycles. The molecule has 1 aromatic carbocycles. The standard InChI is InChI=1S/C21H37INO2.C7H8O3S/c1-2-3-4-5-6-7-8-9-10-13-19-25-21(24)20-23(18-14-15-22)16-11-12-17-23;1-6-2-4-7(5-3-6)11(8,9)10/h2-13,16-20H2,1H3;2-5H,1H3,(H,8,9,10)/q+1;/p-1. The van der Waals surface area contributed by atoms with Gasteiger partial charge in [-0.1, -0.05) is 82.4 Å². The number of carbonyl (C=O) groups excluding carboxylic acids is 1. The normalized spacial score (nSPS) is 14.3. The number of halogens is 1. The second-order valence-corrected chi connectivity index (χ2v) is 11.7. The van der Waals surface area contributed by atoms with Gasteiger partial charge in [-0.05, 0) is 35.3 Å². The fourth-order valence-electron chi connectivity index (χ4n) is 4.38. The minimum atomic E-state index is -4.27. The minimum Gasteiger partial charge on any atom is -0.744 e. The highest BCUT2D eigenvalue weighted by Crippen LogP contribution is 2.19. The first-order valence-corrected chi connectivity index (χ1v) is 15.8. The van der Waals surface area contributed by atoms with Gasteiger partial charge in [0.25, 0.3) is 0 Å². The van der Waals surface area contributed by atoms with Crippen LogP contribution in [0.2, 0.25) is 0 Å². The first-order valence-electron chi connectivity index (χ1n) is 13.3. The summed E-state index contributed by atoms with van der Waals surface area (Å²) in [5, 5.41) is 0. The zero-order valence-corrected chi connectivity index (χ0v) is 25.1. The number of aryl methyl sites for hydroxylation is 1. The minimum absolute atomic E-state index is 0.0342. The Balaban J connectivity index is 0.000000488. The van der Waals surface area contributed by atoms with Gasteiger partial charge in [-0.2, -0.15) is 0 Å². The van der Waals surface area contributed by atoms with Crippen molar-refractivity contribution < 1.29 is 27.0 Å². The van der Waals surface area contributed by atoms with Crippen LogP contribution >= 0.6 is 22.6 Å². The summed E-state index contributed by atoms with van der Waals surface area (Å²) in [4.78, 5) is 12.0. The van der Waals surface area contributed by atoms with Crippen molar-refractivity contribution in [1.29, 1.82) is 0 Å². The highest BCUT2D eigenvalue weighted by atomic mass is 127. The predicted molar refractivity (Wildman–Crippen MR) is 153 cm³/mol.